The molecule has 0 fully saturated rings. The highest BCUT2D eigenvalue weighted by Crippen LogP contribution is 2.33. The number of aryl methyl sites for hydroxylation is 1. The molecular formula is C14H14F4N2. The minimum atomic E-state index is -4.69. The van der Waals surface area contributed by atoms with Gasteiger partial charge in [-0.3, -0.25) is 0 Å². The monoisotopic (exact) mass is 286 g/mol. The van der Waals surface area contributed by atoms with Crippen molar-refractivity contribution in [3.63, 3.8) is 0 Å². The van der Waals surface area contributed by atoms with Crippen LogP contribution in [-0.2, 0) is 19.3 Å². The Morgan fingerprint density at radius 2 is 1.95 bits per heavy atom. The second kappa shape index (κ2) is 5.56. The number of nitrogens with one attached hydrogen (secondary N) is 1. The van der Waals surface area contributed by atoms with Crippen molar-refractivity contribution >= 4 is 5.69 Å². The van der Waals surface area contributed by atoms with Gasteiger partial charge in [-0.1, -0.05) is 0 Å². The van der Waals surface area contributed by atoms with Crippen molar-refractivity contribution in [3.05, 3.63) is 53.6 Å². The van der Waals surface area contributed by atoms with Gasteiger partial charge in [-0.05, 0) is 37.3 Å². The molecule has 1 aromatic carbocycles. The van der Waals surface area contributed by atoms with E-state index in [0.29, 0.717) is 6.54 Å². The van der Waals surface area contributed by atoms with Gasteiger partial charge in [0.15, 0.2) is 0 Å². The average Bonchev–Trinajstić information content (AvgIpc) is 2.84. The normalized spacial score (nSPS) is 11.7. The molecule has 20 heavy (non-hydrogen) atoms. The third-order valence-electron chi connectivity index (χ3n) is 3.01. The van der Waals surface area contributed by atoms with Gasteiger partial charge in [0.05, 0.1) is 12.1 Å². The van der Waals surface area contributed by atoms with Crippen molar-refractivity contribution in [2.24, 2.45) is 0 Å². The van der Waals surface area contributed by atoms with Crippen LogP contribution in [0.15, 0.2) is 36.5 Å². The second-order valence-corrected chi connectivity index (χ2v) is 4.33. The molecule has 0 bridgehead atoms. The van der Waals surface area contributed by atoms with Crippen LogP contribution in [0.4, 0.5) is 23.2 Å². The van der Waals surface area contributed by atoms with E-state index in [-0.39, 0.29) is 5.69 Å². The van der Waals surface area contributed by atoms with Crippen LogP contribution in [0.1, 0.15) is 18.2 Å². The van der Waals surface area contributed by atoms with Crippen molar-refractivity contribution in [1.82, 2.24) is 4.57 Å². The number of halogens is 4. The summed E-state index contributed by atoms with van der Waals surface area (Å²) in [7, 11) is 0. The quantitative estimate of drug-likeness (QED) is 0.830. The highest BCUT2D eigenvalue weighted by Gasteiger charge is 2.34. The SMILES string of the molecule is CCn1cccc1CNc1ccc(F)c(C(F)(F)F)c1. The molecule has 0 aliphatic heterocycles. The van der Waals surface area contributed by atoms with Crippen LogP contribution in [0.25, 0.3) is 0 Å². The summed E-state index contributed by atoms with van der Waals surface area (Å²) in [5, 5.41) is 2.87. The molecule has 0 amide bonds. The number of hydrogen-bond donors (Lipinski definition) is 1. The predicted molar refractivity (Wildman–Crippen MR) is 68.8 cm³/mol. The lowest BCUT2D eigenvalue weighted by Crippen LogP contribution is -2.10. The van der Waals surface area contributed by atoms with Crippen molar-refractivity contribution in [3.8, 4) is 0 Å². The third-order valence-corrected chi connectivity index (χ3v) is 3.01. The van der Waals surface area contributed by atoms with E-state index in [2.05, 4.69) is 5.32 Å². The first-order chi connectivity index (χ1) is 9.41. The van der Waals surface area contributed by atoms with E-state index in [1.54, 1.807) is 0 Å². The van der Waals surface area contributed by atoms with Gasteiger partial charge in [0.2, 0.25) is 0 Å². The van der Waals surface area contributed by atoms with E-state index in [4.69, 9.17) is 0 Å². The van der Waals surface area contributed by atoms with Gasteiger partial charge >= 0.3 is 6.18 Å². The maximum absolute atomic E-state index is 13.1. The molecule has 0 spiro atoms. The van der Waals surface area contributed by atoms with Crippen LogP contribution in [0.2, 0.25) is 0 Å². The fourth-order valence-corrected chi connectivity index (χ4v) is 1.96. The first-order valence-corrected chi connectivity index (χ1v) is 6.16. The average molecular weight is 286 g/mol. The molecule has 0 atom stereocenters. The van der Waals surface area contributed by atoms with E-state index in [9.17, 15) is 17.6 Å². The van der Waals surface area contributed by atoms with Gasteiger partial charge < -0.3 is 9.88 Å². The van der Waals surface area contributed by atoms with Crippen LogP contribution in [0, 0.1) is 5.82 Å². The lowest BCUT2D eigenvalue weighted by atomic mass is 10.2. The van der Waals surface area contributed by atoms with Crippen LogP contribution in [0.3, 0.4) is 0 Å². The summed E-state index contributed by atoms with van der Waals surface area (Å²) < 4.78 is 52.9. The Morgan fingerprint density at radius 1 is 1.20 bits per heavy atom. The summed E-state index contributed by atoms with van der Waals surface area (Å²) in [4.78, 5) is 0. The molecule has 6 heteroatoms. The lowest BCUT2D eigenvalue weighted by molar-refractivity contribution is -0.139. The topological polar surface area (TPSA) is 17.0 Å². The molecule has 0 radical (unpaired) electrons. The number of anilines is 1. The molecule has 1 N–H and O–H groups in total. The van der Waals surface area contributed by atoms with E-state index in [1.165, 1.54) is 6.07 Å². The zero-order valence-corrected chi connectivity index (χ0v) is 10.8. The van der Waals surface area contributed by atoms with Crippen LogP contribution >= 0.6 is 0 Å². The molecule has 2 rings (SSSR count). The zero-order valence-electron chi connectivity index (χ0n) is 10.8. The molecule has 2 aromatic rings. The number of rotatable bonds is 4. The predicted octanol–water partition coefficient (Wildman–Crippen LogP) is 4.28. The van der Waals surface area contributed by atoms with Crippen LogP contribution in [0.5, 0.6) is 0 Å². The lowest BCUT2D eigenvalue weighted by Gasteiger charge is -2.12. The Kier molecular flexibility index (Phi) is 4.01. The smallest absolute Gasteiger partial charge is 0.379 e. The zero-order chi connectivity index (χ0) is 14.8. The summed E-state index contributed by atoms with van der Waals surface area (Å²) in [6.07, 6.45) is -2.80. The summed E-state index contributed by atoms with van der Waals surface area (Å²) >= 11 is 0. The first kappa shape index (κ1) is 14.4. The molecule has 0 unspecified atom stereocenters. The van der Waals surface area contributed by atoms with Gasteiger partial charge in [0, 0.05) is 24.1 Å². The van der Waals surface area contributed by atoms with Gasteiger partial charge in [-0.15, -0.1) is 0 Å². The van der Waals surface area contributed by atoms with Gasteiger partial charge in [-0.2, -0.15) is 13.2 Å². The number of benzene rings is 1. The Hall–Kier alpha value is -1.98. The summed E-state index contributed by atoms with van der Waals surface area (Å²) in [6, 6.07) is 6.65. The van der Waals surface area contributed by atoms with E-state index in [1.807, 2.05) is 29.8 Å². The van der Waals surface area contributed by atoms with Crippen molar-refractivity contribution in [1.29, 1.82) is 0 Å². The molecule has 1 aromatic heterocycles. The maximum atomic E-state index is 13.1. The van der Waals surface area contributed by atoms with Crippen LogP contribution in [-0.4, -0.2) is 4.57 Å². The molecule has 108 valence electrons. The number of aromatic nitrogens is 1. The molecule has 0 saturated heterocycles. The number of hydrogen-bond acceptors (Lipinski definition) is 1. The molecule has 0 aliphatic rings. The summed E-state index contributed by atoms with van der Waals surface area (Å²) in [6.45, 7) is 3.13. The molecule has 0 saturated carbocycles. The minimum Gasteiger partial charge on any atom is -0.379 e. The maximum Gasteiger partial charge on any atom is 0.419 e. The Morgan fingerprint density at radius 3 is 2.60 bits per heavy atom. The molecular weight excluding hydrogens is 272 g/mol. The first-order valence-electron chi connectivity index (χ1n) is 6.16. The number of nitrogens with zero attached hydrogens (tertiary/aromatic N) is 1. The van der Waals surface area contributed by atoms with Crippen molar-refractivity contribution in [2.75, 3.05) is 5.32 Å². The fraction of sp³-hybridized carbons (Fsp3) is 0.286. The molecule has 0 aliphatic carbocycles. The molecule has 2 nitrogen and oxygen atoms in total. The highest BCUT2D eigenvalue weighted by molar-refractivity contribution is 5.47. The number of alkyl halides is 3. The van der Waals surface area contributed by atoms with Gasteiger partial charge in [-0.25, -0.2) is 4.39 Å². The van der Waals surface area contributed by atoms with Crippen molar-refractivity contribution < 1.29 is 17.6 Å². The van der Waals surface area contributed by atoms with E-state index in [0.717, 1.165) is 24.4 Å². The third kappa shape index (κ3) is 3.12. The van der Waals surface area contributed by atoms with Gasteiger partial charge in [0.1, 0.15) is 5.82 Å². The second-order valence-electron chi connectivity index (χ2n) is 4.33. The summed E-state index contributed by atoms with van der Waals surface area (Å²) in [5.74, 6) is -1.26. The van der Waals surface area contributed by atoms with E-state index < -0.39 is 17.6 Å². The highest BCUT2D eigenvalue weighted by atomic mass is 19.4. The minimum absolute atomic E-state index is 0.238. The van der Waals surface area contributed by atoms with Crippen LogP contribution < -0.4 is 5.32 Å². The van der Waals surface area contributed by atoms with Gasteiger partial charge in [0.25, 0.3) is 0 Å². The Balaban J connectivity index is 2.15. The Labute approximate surface area is 114 Å². The molecule has 1 heterocycles. The fourth-order valence-electron chi connectivity index (χ4n) is 1.96. The van der Waals surface area contributed by atoms with Crippen molar-refractivity contribution in [2.45, 2.75) is 26.2 Å². The Bertz CT molecular complexity index is 587. The largest absolute Gasteiger partial charge is 0.419 e. The standard InChI is InChI=1S/C14H14F4N2/c1-2-20-7-3-4-11(20)9-19-10-5-6-13(15)12(8-10)14(16,17)18/h3-8,19H,2,9H2,1H3. The van der Waals surface area contributed by atoms with E-state index >= 15 is 0 Å². The summed E-state index contributed by atoms with van der Waals surface area (Å²) in [5.41, 5.74) is -0.0682.